The van der Waals surface area contributed by atoms with Gasteiger partial charge in [-0.25, -0.2) is 0 Å². The Hall–Kier alpha value is -3.23. The predicted molar refractivity (Wildman–Crippen MR) is 113 cm³/mol. The number of aromatic nitrogens is 3. The summed E-state index contributed by atoms with van der Waals surface area (Å²) >= 11 is 7.30. The van der Waals surface area contributed by atoms with Crippen LogP contribution in [0.1, 0.15) is 11.1 Å². The normalized spacial score (nSPS) is 11.1. The molecule has 3 aromatic rings. The van der Waals surface area contributed by atoms with Crippen molar-refractivity contribution in [1.29, 1.82) is 5.26 Å². The second-order valence-electron chi connectivity index (χ2n) is 6.48. The first-order valence-electron chi connectivity index (χ1n) is 8.99. The second-order valence-corrected chi connectivity index (χ2v) is 7.83. The quantitative estimate of drug-likeness (QED) is 0.488. The van der Waals surface area contributed by atoms with Crippen LogP contribution in [-0.2, 0) is 4.79 Å². The number of nitrogens with zero attached hydrogens (tertiary/aromatic N) is 4. The number of hydrogen-bond donors (Lipinski definition) is 1. The minimum Gasteiger partial charge on any atom is -0.483 e. The van der Waals surface area contributed by atoms with Crippen molar-refractivity contribution in [3.8, 4) is 17.5 Å². The highest BCUT2D eigenvalue weighted by molar-refractivity contribution is 7.99. The molecule has 0 aliphatic carbocycles. The Labute approximate surface area is 190 Å². The predicted octanol–water partition coefficient (Wildman–Crippen LogP) is 4.77. The van der Waals surface area contributed by atoms with Crippen LogP contribution in [0.5, 0.6) is 5.75 Å². The smallest absolute Gasteiger partial charge is 0.422 e. The number of nitriles is 1. The van der Waals surface area contributed by atoms with Gasteiger partial charge in [-0.15, -0.1) is 10.2 Å². The number of halogens is 4. The number of amides is 1. The molecule has 3 rings (SSSR count). The summed E-state index contributed by atoms with van der Waals surface area (Å²) in [5.41, 5.74) is 1.78. The van der Waals surface area contributed by atoms with Gasteiger partial charge in [-0.3, -0.25) is 9.36 Å². The van der Waals surface area contributed by atoms with E-state index in [0.717, 1.165) is 23.0 Å². The summed E-state index contributed by atoms with van der Waals surface area (Å²) in [6, 6.07) is 11.0. The highest BCUT2D eigenvalue weighted by Crippen LogP contribution is 2.26. The molecule has 1 N–H and O–H groups in total. The minimum atomic E-state index is -4.53. The number of thioether (sulfide) groups is 1. The molecule has 12 heteroatoms. The molecule has 0 fully saturated rings. The Morgan fingerprint density at radius 1 is 1.31 bits per heavy atom. The fourth-order valence-corrected chi connectivity index (χ4v) is 3.44. The highest BCUT2D eigenvalue weighted by atomic mass is 35.5. The third kappa shape index (κ3) is 6.15. The molecule has 2 aromatic carbocycles. The molecule has 32 heavy (non-hydrogen) atoms. The molecule has 0 unspecified atom stereocenters. The van der Waals surface area contributed by atoms with Gasteiger partial charge in [0.15, 0.2) is 11.8 Å². The van der Waals surface area contributed by atoms with Crippen LogP contribution in [0.25, 0.3) is 5.69 Å². The number of carbonyl (C=O) groups excluding carboxylic acids is 1. The number of hydrogen-bond acceptors (Lipinski definition) is 6. The van der Waals surface area contributed by atoms with Gasteiger partial charge in [0.05, 0.1) is 17.0 Å². The van der Waals surface area contributed by atoms with Gasteiger partial charge in [0.25, 0.3) is 0 Å². The van der Waals surface area contributed by atoms with E-state index in [2.05, 4.69) is 20.3 Å². The fraction of sp³-hybridized carbons (Fsp3) is 0.200. The topological polar surface area (TPSA) is 92.8 Å². The van der Waals surface area contributed by atoms with Crippen molar-refractivity contribution in [2.24, 2.45) is 0 Å². The standard InChI is InChI=1S/C20H15ClF3N5O2S/c1-12-2-4-15(7-16(12)21)29-11-26-28-19(29)32-9-18(30)27-14-3-5-17(13(6-14)8-25)31-10-20(22,23)24/h2-7,11H,9-10H2,1H3,(H,27,30). The zero-order valence-corrected chi connectivity index (χ0v) is 18.1. The maximum Gasteiger partial charge on any atom is 0.422 e. The lowest BCUT2D eigenvalue weighted by atomic mass is 10.2. The van der Waals surface area contributed by atoms with E-state index in [1.807, 2.05) is 19.1 Å². The third-order valence-corrected chi connectivity index (χ3v) is 5.41. The molecule has 1 amide bonds. The Kier molecular flexibility index (Phi) is 7.27. The number of rotatable bonds is 7. The van der Waals surface area contributed by atoms with Gasteiger partial charge in [0, 0.05) is 10.7 Å². The first-order valence-corrected chi connectivity index (χ1v) is 10.4. The lowest BCUT2D eigenvalue weighted by Gasteiger charge is -2.12. The Balaban J connectivity index is 1.63. The number of carbonyl (C=O) groups is 1. The third-order valence-electron chi connectivity index (χ3n) is 4.06. The zero-order valence-electron chi connectivity index (χ0n) is 16.5. The Morgan fingerprint density at radius 2 is 2.09 bits per heavy atom. The van der Waals surface area contributed by atoms with Crippen molar-refractivity contribution in [2.75, 3.05) is 17.7 Å². The van der Waals surface area contributed by atoms with Crippen LogP contribution in [-0.4, -0.2) is 39.2 Å². The zero-order chi connectivity index (χ0) is 23.3. The molecule has 166 valence electrons. The number of aryl methyl sites for hydroxylation is 1. The number of benzene rings is 2. The first kappa shape index (κ1) is 23.4. The van der Waals surface area contributed by atoms with E-state index < -0.39 is 18.7 Å². The van der Waals surface area contributed by atoms with Gasteiger partial charge in [-0.05, 0) is 42.8 Å². The summed E-state index contributed by atoms with van der Waals surface area (Å²) in [6.45, 7) is 0.363. The summed E-state index contributed by atoms with van der Waals surface area (Å²) in [5, 5.41) is 20.7. The highest BCUT2D eigenvalue weighted by Gasteiger charge is 2.29. The second kappa shape index (κ2) is 9.93. The van der Waals surface area contributed by atoms with Gasteiger partial charge in [-0.1, -0.05) is 29.4 Å². The molecule has 0 spiro atoms. The van der Waals surface area contributed by atoms with Crippen molar-refractivity contribution in [3.05, 3.63) is 58.9 Å². The van der Waals surface area contributed by atoms with Crippen molar-refractivity contribution >= 4 is 35.0 Å². The lowest BCUT2D eigenvalue weighted by Crippen LogP contribution is -2.19. The van der Waals surface area contributed by atoms with E-state index in [9.17, 15) is 18.0 Å². The van der Waals surface area contributed by atoms with Crippen molar-refractivity contribution < 1.29 is 22.7 Å². The van der Waals surface area contributed by atoms with Crippen molar-refractivity contribution in [1.82, 2.24) is 14.8 Å². The maximum absolute atomic E-state index is 12.3. The van der Waals surface area contributed by atoms with E-state index in [0.29, 0.717) is 10.2 Å². The number of ether oxygens (including phenoxy) is 1. The molecule has 0 radical (unpaired) electrons. The van der Waals surface area contributed by atoms with E-state index in [-0.39, 0.29) is 22.8 Å². The average Bonchev–Trinajstić information content (AvgIpc) is 3.21. The van der Waals surface area contributed by atoms with Crippen LogP contribution in [0.3, 0.4) is 0 Å². The van der Waals surface area contributed by atoms with E-state index in [4.69, 9.17) is 16.9 Å². The van der Waals surface area contributed by atoms with Gasteiger partial charge in [0.1, 0.15) is 18.1 Å². The van der Waals surface area contributed by atoms with Crippen LogP contribution >= 0.6 is 23.4 Å². The van der Waals surface area contributed by atoms with Crippen LogP contribution < -0.4 is 10.1 Å². The molecule has 7 nitrogen and oxygen atoms in total. The molecule has 0 aliphatic rings. The molecule has 0 atom stereocenters. The van der Waals surface area contributed by atoms with Gasteiger partial charge in [-0.2, -0.15) is 18.4 Å². The number of nitrogens with one attached hydrogen (secondary N) is 1. The Morgan fingerprint density at radius 3 is 2.78 bits per heavy atom. The van der Waals surface area contributed by atoms with E-state index in [1.54, 1.807) is 16.7 Å². The van der Waals surface area contributed by atoms with Gasteiger partial charge < -0.3 is 10.1 Å². The maximum atomic E-state index is 12.3. The van der Waals surface area contributed by atoms with Crippen LogP contribution in [0.4, 0.5) is 18.9 Å². The van der Waals surface area contributed by atoms with Crippen molar-refractivity contribution in [3.63, 3.8) is 0 Å². The SMILES string of the molecule is Cc1ccc(-n2cnnc2SCC(=O)Nc2ccc(OCC(F)(F)F)c(C#N)c2)cc1Cl. The molecule has 1 aromatic heterocycles. The average molecular weight is 482 g/mol. The van der Waals surface area contributed by atoms with Crippen LogP contribution in [0, 0.1) is 18.3 Å². The van der Waals surface area contributed by atoms with Crippen LogP contribution in [0.2, 0.25) is 5.02 Å². The van der Waals surface area contributed by atoms with E-state index in [1.165, 1.54) is 24.5 Å². The van der Waals surface area contributed by atoms with Crippen molar-refractivity contribution in [2.45, 2.75) is 18.3 Å². The Bertz CT molecular complexity index is 1180. The molecule has 1 heterocycles. The summed E-state index contributed by atoms with van der Waals surface area (Å²) in [4.78, 5) is 12.3. The summed E-state index contributed by atoms with van der Waals surface area (Å²) < 4.78 is 43.3. The van der Waals surface area contributed by atoms with Gasteiger partial charge >= 0.3 is 6.18 Å². The summed E-state index contributed by atoms with van der Waals surface area (Å²) in [6.07, 6.45) is -3.03. The summed E-state index contributed by atoms with van der Waals surface area (Å²) in [7, 11) is 0. The monoisotopic (exact) mass is 481 g/mol. The van der Waals surface area contributed by atoms with Crippen LogP contribution in [0.15, 0.2) is 47.9 Å². The first-order chi connectivity index (χ1) is 15.2. The lowest BCUT2D eigenvalue weighted by molar-refractivity contribution is -0.153. The molecular formula is C20H15ClF3N5O2S. The molecular weight excluding hydrogens is 467 g/mol. The van der Waals surface area contributed by atoms with E-state index >= 15 is 0 Å². The molecule has 0 saturated carbocycles. The van der Waals surface area contributed by atoms with Gasteiger partial charge in [0.2, 0.25) is 5.91 Å². The number of anilines is 1. The molecule has 0 aliphatic heterocycles. The fourth-order valence-electron chi connectivity index (χ4n) is 2.54. The molecule has 0 bridgehead atoms. The number of alkyl halides is 3. The largest absolute Gasteiger partial charge is 0.483 e. The summed E-state index contributed by atoms with van der Waals surface area (Å²) in [5.74, 6) is -0.645. The minimum absolute atomic E-state index is 0.0213. The molecule has 0 saturated heterocycles.